The molecule has 0 bridgehead atoms. The SMILES string of the molecule is O=C(O)c1cc(S(=O)(=O)NC2CCS(=O)(=O)C2)c[nH]1. The first-order chi connectivity index (χ1) is 8.70. The number of carboxylic acid groups (broad SMARTS) is 1. The van der Waals surface area contributed by atoms with Crippen LogP contribution in [0.15, 0.2) is 17.2 Å². The van der Waals surface area contributed by atoms with Crippen LogP contribution in [0.25, 0.3) is 0 Å². The van der Waals surface area contributed by atoms with Gasteiger partial charge in [-0.25, -0.2) is 26.4 Å². The molecule has 8 nitrogen and oxygen atoms in total. The summed E-state index contributed by atoms with van der Waals surface area (Å²) in [5, 5.41) is 8.69. The molecule has 2 rings (SSSR count). The molecular formula is C9H12N2O6S2. The summed E-state index contributed by atoms with van der Waals surface area (Å²) >= 11 is 0. The molecule has 1 saturated heterocycles. The van der Waals surface area contributed by atoms with Crippen molar-refractivity contribution >= 4 is 25.8 Å². The third-order valence-corrected chi connectivity index (χ3v) is 6.02. The Morgan fingerprint density at radius 3 is 2.63 bits per heavy atom. The first-order valence-corrected chi connectivity index (χ1v) is 8.64. The predicted octanol–water partition coefficient (Wildman–Crippen LogP) is -0.822. The topological polar surface area (TPSA) is 133 Å². The number of hydrogen-bond donors (Lipinski definition) is 3. The van der Waals surface area contributed by atoms with E-state index in [9.17, 15) is 21.6 Å². The minimum atomic E-state index is -3.92. The molecule has 1 aliphatic heterocycles. The molecule has 0 amide bonds. The van der Waals surface area contributed by atoms with Crippen molar-refractivity contribution in [3.8, 4) is 0 Å². The van der Waals surface area contributed by atoms with E-state index in [-0.39, 0.29) is 28.5 Å². The zero-order valence-corrected chi connectivity index (χ0v) is 11.3. The van der Waals surface area contributed by atoms with E-state index in [0.29, 0.717) is 0 Å². The summed E-state index contributed by atoms with van der Waals surface area (Å²) in [6.07, 6.45) is 1.27. The maximum Gasteiger partial charge on any atom is 0.352 e. The van der Waals surface area contributed by atoms with Gasteiger partial charge in [-0.3, -0.25) is 0 Å². The molecule has 10 heteroatoms. The van der Waals surface area contributed by atoms with E-state index in [0.717, 1.165) is 12.3 Å². The largest absolute Gasteiger partial charge is 0.477 e. The van der Waals surface area contributed by atoms with E-state index in [2.05, 4.69) is 9.71 Å². The van der Waals surface area contributed by atoms with Gasteiger partial charge in [-0.1, -0.05) is 0 Å². The van der Waals surface area contributed by atoms with Gasteiger partial charge in [0.2, 0.25) is 10.0 Å². The molecule has 106 valence electrons. The summed E-state index contributed by atoms with van der Waals surface area (Å²) in [5.41, 5.74) is -0.251. The summed E-state index contributed by atoms with van der Waals surface area (Å²) in [6, 6.07) is 0.312. The van der Waals surface area contributed by atoms with Crippen LogP contribution < -0.4 is 4.72 Å². The fourth-order valence-electron chi connectivity index (χ4n) is 1.83. The number of sulfone groups is 1. The summed E-state index contributed by atoms with van der Waals surface area (Å²) < 4.78 is 48.6. The minimum absolute atomic E-state index is 0.0479. The standard InChI is InChI=1S/C9H12N2O6S2/c12-9(13)8-3-7(4-10-8)19(16,17)11-6-1-2-18(14,15)5-6/h3-4,6,10-11H,1-2,5H2,(H,12,13). The Morgan fingerprint density at radius 1 is 1.47 bits per heavy atom. The van der Waals surface area contributed by atoms with Crippen molar-refractivity contribution in [2.75, 3.05) is 11.5 Å². The molecule has 3 N–H and O–H groups in total. The second-order valence-electron chi connectivity index (χ2n) is 4.28. The first-order valence-electron chi connectivity index (χ1n) is 5.34. The van der Waals surface area contributed by atoms with Crippen molar-refractivity contribution in [2.24, 2.45) is 0 Å². The average Bonchev–Trinajstić information content (AvgIpc) is 2.84. The molecule has 1 aromatic rings. The number of H-pyrrole nitrogens is 1. The van der Waals surface area contributed by atoms with Gasteiger partial charge in [0.1, 0.15) is 10.6 Å². The fraction of sp³-hybridized carbons (Fsp3) is 0.444. The average molecular weight is 308 g/mol. The van der Waals surface area contributed by atoms with Gasteiger partial charge in [-0.05, 0) is 12.5 Å². The second kappa shape index (κ2) is 4.62. The Hall–Kier alpha value is -1.39. The number of aromatic nitrogens is 1. The van der Waals surface area contributed by atoms with Crippen molar-refractivity contribution in [3.05, 3.63) is 18.0 Å². The van der Waals surface area contributed by atoms with Crippen LogP contribution in [0.4, 0.5) is 0 Å². The van der Waals surface area contributed by atoms with Gasteiger partial charge in [0.05, 0.1) is 11.5 Å². The molecule has 1 fully saturated rings. The van der Waals surface area contributed by atoms with Crippen molar-refractivity contribution < 1.29 is 26.7 Å². The maximum absolute atomic E-state index is 11.9. The number of carboxylic acids is 1. The monoisotopic (exact) mass is 308 g/mol. The third kappa shape index (κ3) is 3.14. The Morgan fingerprint density at radius 2 is 2.16 bits per heavy atom. The van der Waals surface area contributed by atoms with Crippen LogP contribution in [-0.2, 0) is 19.9 Å². The highest BCUT2D eigenvalue weighted by Crippen LogP contribution is 2.16. The minimum Gasteiger partial charge on any atom is -0.477 e. The van der Waals surface area contributed by atoms with Crippen LogP contribution in [-0.4, -0.2) is 50.4 Å². The molecular weight excluding hydrogens is 296 g/mol. The molecule has 1 atom stereocenters. The van der Waals surface area contributed by atoms with Crippen molar-refractivity contribution in [2.45, 2.75) is 17.4 Å². The molecule has 0 aromatic carbocycles. The van der Waals surface area contributed by atoms with Crippen molar-refractivity contribution in [3.63, 3.8) is 0 Å². The number of hydrogen-bond acceptors (Lipinski definition) is 5. The lowest BCUT2D eigenvalue weighted by atomic mass is 10.3. The van der Waals surface area contributed by atoms with Crippen LogP contribution in [0.3, 0.4) is 0 Å². The van der Waals surface area contributed by atoms with Crippen molar-refractivity contribution in [1.29, 1.82) is 0 Å². The second-order valence-corrected chi connectivity index (χ2v) is 8.22. The molecule has 19 heavy (non-hydrogen) atoms. The highest BCUT2D eigenvalue weighted by atomic mass is 32.2. The Labute approximate surface area is 109 Å². The number of nitrogens with one attached hydrogen (secondary N) is 2. The summed E-state index contributed by atoms with van der Waals surface area (Å²) in [5.74, 6) is -1.55. The smallest absolute Gasteiger partial charge is 0.352 e. The van der Waals surface area contributed by atoms with Gasteiger partial charge in [-0.2, -0.15) is 0 Å². The Balaban J connectivity index is 2.16. The third-order valence-electron chi connectivity index (χ3n) is 2.75. The summed E-state index contributed by atoms with van der Waals surface area (Å²) in [4.78, 5) is 12.7. The normalized spacial score (nSPS) is 22.4. The van der Waals surface area contributed by atoms with Gasteiger partial charge < -0.3 is 10.1 Å². The van der Waals surface area contributed by atoms with E-state index in [1.54, 1.807) is 0 Å². The zero-order chi connectivity index (χ0) is 14.3. The molecule has 0 aliphatic carbocycles. The number of aromatic amines is 1. The van der Waals surface area contributed by atoms with Gasteiger partial charge in [0.15, 0.2) is 9.84 Å². The van der Waals surface area contributed by atoms with E-state index in [4.69, 9.17) is 5.11 Å². The Kier molecular flexibility index (Phi) is 3.41. The Bertz CT molecular complexity index is 703. The molecule has 1 aliphatic rings. The predicted molar refractivity (Wildman–Crippen MR) is 65.1 cm³/mol. The lowest BCUT2D eigenvalue weighted by Crippen LogP contribution is -2.35. The van der Waals surface area contributed by atoms with E-state index >= 15 is 0 Å². The van der Waals surface area contributed by atoms with Crippen molar-refractivity contribution in [1.82, 2.24) is 9.71 Å². The van der Waals surface area contributed by atoms with Crippen LogP contribution in [0.1, 0.15) is 16.9 Å². The van der Waals surface area contributed by atoms with E-state index < -0.39 is 31.9 Å². The lowest BCUT2D eigenvalue weighted by molar-refractivity contribution is 0.0691. The highest BCUT2D eigenvalue weighted by molar-refractivity contribution is 7.92. The molecule has 0 saturated carbocycles. The van der Waals surface area contributed by atoms with Gasteiger partial charge in [-0.15, -0.1) is 0 Å². The van der Waals surface area contributed by atoms with Crippen LogP contribution >= 0.6 is 0 Å². The zero-order valence-electron chi connectivity index (χ0n) is 9.66. The van der Waals surface area contributed by atoms with E-state index in [1.165, 1.54) is 0 Å². The van der Waals surface area contributed by atoms with Gasteiger partial charge in [0.25, 0.3) is 0 Å². The van der Waals surface area contributed by atoms with Crippen LogP contribution in [0.2, 0.25) is 0 Å². The first kappa shape index (κ1) is 14.0. The maximum atomic E-state index is 11.9. The number of rotatable bonds is 4. The lowest BCUT2D eigenvalue weighted by Gasteiger charge is -2.09. The molecule has 1 aromatic heterocycles. The number of sulfonamides is 1. The summed E-state index contributed by atoms with van der Waals surface area (Å²) in [6.45, 7) is 0. The highest BCUT2D eigenvalue weighted by Gasteiger charge is 2.31. The molecule has 1 unspecified atom stereocenters. The van der Waals surface area contributed by atoms with Gasteiger partial charge >= 0.3 is 5.97 Å². The number of aromatic carboxylic acids is 1. The summed E-state index contributed by atoms with van der Waals surface area (Å²) in [7, 11) is -7.10. The van der Waals surface area contributed by atoms with Crippen LogP contribution in [0, 0.1) is 0 Å². The van der Waals surface area contributed by atoms with Crippen LogP contribution in [0.5, 0.6) is 0 Å². The van der Waals surface area contributed by atoms with E-state index in [1.807, 2.05) is 0 Å². The molecule has 2 heterocycles. The quantitative estimate of drug-likeness (QED) is 0.665. The van der Waals surface area contributed by atoms with Gasteiger partial charge in [0, 0.05) is 12.2 Å². The molecule has 0 radical (unpaired) electrons. The molecule has 0 spiro atoms. The fourth-order valence-corrected chi connectivity index (χ4v) is 4.87. The number of carbonyl (C=O) groups is 1.